The van der Waals surface area contributed by atoms with Gasteiger partial charge in [0.25, 0.3) is 0 Å². The van der Waals surface area contributed by atoms with Gasteiger partial charge < -0.3 is 15.8 Å². The largest absolute Gasteiger partial charge is 0.409 e. The van der Waals surface area contributed by atoms with Crippen LogP contribution in [0.4, 0.5) is 5.69 Å². The number of hydrogen-bond acceptors (Lipinski definition) is 3. The van der Waals surface area contributed by atoms with Crippen LogP contribution < -0.4 is 10.6 Å². The molecule has 0 aromatic heterocycles. The minimum Gasteiger partial charge on any atom is -0.409 e. The molecule has 2 rings (SSSR count). The Kier molecular flexibility index (Phi) is 4.30. The number of nitrogens with zero attached hydrogens (tertiary/aromatic N) is 2. The number of amidine groups is 1. The molecule has 1 aliphatic rings. The maximum Gasteiger partial charge on any atom is 0.170 e. The van der Waals surface area contributed by atoms with Crippen LogP contribution in [0, 0.1) is 5.92 Å². The van der Waals surface area contributed by atoms with Crippen molar-refractivity contribution in [1.82, 2.24) is 0 Å². The fraction of sp³-hybridized carbons (Fsp3) is 0.533. The number of rotatable bonds is 3. The minimum absolute atomic E-state index is 0.153. The summed E-state index contributed by atoms with van der Waals surface area (Å²) < 4.78 is 0. The third kappa shape index (κ3) is 3.00. The van der Waals surface area contributed by atoms with Crippen molar-refractivity contribution in [3.8, 4) is 0 Å². The van der Waals surface area contributed by atoms with Crippen LogP contribution in [0.3, 0.4) is 0 Å². The lowest BCUT2D eigenvalue weighted by molar-refractivity contribution is 0.318. The average Bonchev–Trinajstić information content (AvgIpc) is 2.46. The fourth-order valence-corrected chi connectivity index (χ4v) is 2.99. The molecule has 1 saturated carbocycles. The first kappa shape index (κ1) is 13.7. The van der Waals surface area contributed by atoms with E-state index in [4.69, 9.17) is 10.9 Å². The van der Waals surface area contributed by atoms with Crippen LogP contribution in [-0.2, 0) is 0 Å². The molecule has 0 heterocycles. The van der Waals surface area contributed by atoms with E-state index in [2.05, 4.69) is 24.0 Å². The van der Waals surface area contributed by atoms with Gasteiger partial charge in [0.1, 0.15) is 0 Å². The first-order valence-electron chi connectivity index (χ1n) is 6.94. The highest BCUT2D eigenvalue weighted by molar-refractivity contribution is 5.97. The van der Waals surface area contributed by atoms with Gasteiger partial charge >= 0.3 is 0 Å². The van der Waals surface area contributed by atoms with Crippen molar-refractivity contribution in [3.63, 3.8) is 0 Å². The van der Waals surface area contributed by atoms with Gasteiger partial charge in [0.2, 0.25) is 0 Å². The van der Waals surface area contributed by atoms with Crippen LogP contribution in [0.5, 0.6) is 0 Å². The molecule has 0 amide bonds. The van der Waals surface area contributed by atoms with E-state index < -0.39 is 0 Å². The SMILES string of the molecule is CC1CCCCC1N(C)c1ccc(C(N)=NO)cc1. The molecule has 1 aromatic carbocycles. The minimum atomic E-state index is 0.153. The molecule has 2 atom stereocenters. The molecular weight excluding hydrogens is 238 g/mol. The lowest BCUT2D eigenvalue weighted by Gasteiger charge is -2.37. The monoisotopic (exact) mass is 261 g/mol. The Labute approximate surface area is 114 Å². The molecule has 3 N–H and O–H groups in total. The van der Waals surface area contributed by atoms with Gasteiger partial charge in [0.05, 0.1) is 0 Å². The molecule has 1 aromatic rings. The normalized spacial score (nSPS) is 24.2. The van der Waals surface area contributed by atoms with Crippen LogP contribution in [0.25, 0.3) is 0 Å². The Hall–Kier alpha value is -1.71. The van der Waals surface area contributed by atoms with Gasteiger partial charge in [0, 0.05) is 24.3 Å². The van der Waals surface area contributed by atoms with Crippen LogP contribution >= 0.6 is 0 Å². The fourth-order valence-electron chi connectivity index (χ4n) is 2.99. The third-order valence-electron chi connectivity index (χ3n) is 4.24. The maximum atomic E-state index is 8.66. The molecule has 1 aliphatic carbocycles. The molecule has 2 unspecified atom stereocenters. The van der Waals surface area contributed by atoms with E-state index in [0.29, 0.717) is 6.04 Å². The van der Waals surface area contributed by atoms with Gasteiger partial charge in [-0.2, -0.15) is 0 Å². The van der Waals surface area contributed by atoms with Gasteiger partial charge in [-0.15, -0.1) is 0 Å². The van der Waals surface area contributed by atoms with Crippen LogP contribution in [0.1, 0.15) is 38.2 Å². The number of benzene rings is 1. The van der Waals surface area contributed by atoms with Crippen molar-refractivity contribution >= 4 is 11.5 Å². The van der Waals surface area contributed by atoms with E-state index in [1.807, 2.05) is 24.3 Å². The Balaban J connectivity index is 2.12. The van der Waals surface area contributed by atoms with Crippen molar-refractivity contribution in [3.05, 3.63) is 29.8 Å². The van der Waals surface area contributed by atoms with Gasteiger partial charge in [0.15, 0.2) is 5.84 Å². The standard InChI is InChI=1S/C15H23N3O/c1-11-5-3-4-6-14(11)18(2)13-9-7-12(8-10-13)15(16)17-19/h7-11,14,19H,3-6H2,1-2H3,(H2,16,17). The Morgan fingerprint density at radius 2 is 1.89 bits per heavy atom. The van der Waals surface area contributed by atoms with Crippen molar-refractivity contribution in [1.29, 1.82) is 0 Å². The Bertz CT molecular complexity index is 441. The highest BCUT2D eigenvalue weighted by Gasteiger charge is 2.25. The van der Waals surface area contributed by atoms with Crippen molar-refractivity contribution in [2.45, 2.75) is 38.6 Å². The van der Waals surface area contributed by atoms with E-state index in [1.165, 1.54) is 31.4 Å². The second kappa shape index (κ2) is 5.95. The second-order valence-corrected chi connectivity index (χ2v) is 5.47. The molecule has 0 bridgehead atoms. The zero-order chi connectivity index (χ0) is 13.8. The summed E-state index contributed by atoms with van der Waals surface area (Å²) in [7, 11) is 2.16. The number of nitrogens with two attached hydrogens (primary N) is 1. The summed E-state index contributed by atoms with van der Waals surface area (Å²) in [5.74, 6) is 0.891. The van der Waals surface area contributed by atoms with Gasteiger partial charge in [-0.25, -0.2) is 0 Å². The topological polar surface area (TPSA) is 61.8 Å². The lowest BCUT2D eigenvalue weighted by atomic mass is 9.85. The van der Waals surface area contributed by atoms with Crippen molar-refractivity contribution < 1.29 is 5.21 Å². The Morgan fingerprint density at radius 1 is 1.26 bits per heavy atom. The van der Waals surface area contributed by atoms with Crippen molar-refractivity contribution in [2.75, 3.05) is 11.9 Å². The van der Waals surface area contributed by atoms with Crippen LogP contribution in [0.2, 0.25) is 0 Å². The molecule has 0 spiro atoms. The predicted octanol–water partition coefficient (Wildman–Crippen LogP) is 2.80. The summed E-state index contributed by atoms with van der Waals surface area (Å²) in [6.07, 6.45) is 5.26. The second-order valence-electron chi connectivity index (χ2n) is 5.47. The van der Waals surface area contributed by atoms with Crippen LogP contribution in [-0.4, -0.2) is 24.1 Å². The maximum absolute atomic E-state index is 8.66. The van der Waals surface area contributed by atoms with E-state index >= 15 is 0 Å². The quantitative estimate of drug-likeness (QED) is 0.380. The highest BCUT2D eigenvalue weighted by atomic mass is 16.4. The van der Waals surface area contributed by atoms with E-state index in [9.17, 15) is 0 Å². The molecular formula is C15H23N3O. The summed E-state index contributed by atoms with van der Waals surface area (Å²) in [5.41, 5.74) is 7.51. The molecule has 0 saturated heterocycles. The van der Waals surface area contributed by atoms with Gasteiger partial charge in [-0.1, -0.05) is 24.9 Å². The molecule has 0 radical (unpaired) electrons. The number of anilines is 1. The molecule has 1 fully saturated rings. The lowest BCUT2D eigenvalue weighted by Crippen LogP contribution is -2.39. The summed E-state index contributed by atoms with van der Waals surface area (Å²) in [6.45, 7) is 2.34. The van der Waals surface area contributed by atoms with E-state index in [0.717, 1.165) is 11.5 Å². The molecule has 4 nitrogen and oxygen atoms in total. The smallest absolute Gasteiger partial charge is 0.170 e. The first-order valence-corrected chi connectivity index (χ1v) is 6.94. The first-order chi connectivity index (χ1) is 9.13. The van der Waals surface area contributed by atoms with Gasteiger partial charge in [-0.3, -0.25) is 0 Å². The van der Waals surface area contributed by atoms with Crippen molar-refractivity contribution in [2.24, 2.45) is 16.8 Å². The van der Waals surface area contributed by atoms with E-state index in [-0.39, 0.29) is 5.84 Å². The van der Waals surface area contributed by atoms with Crippen LogP contribution in [0.15, 0.2) is 29.4 Å². The highest BCUT2D eigenvalue weighted by Crippen LogP contribution is 2.30. The Morgan fingerprint density at radius 3 is 2.47 bits per heavy atom. The molecule has 0 aliphatic heterocycles. The molecule has 4 heteroatoms. The predicted molar refractivity (Wildman–Crippen MR) is 78.8 cm³/mol. The molecule has 19 heavy (non-hydrogen) atoms. The number of oxime groups is 1. The third-order valence-corrected chi connectivity index (χ3v) is 4.24. The molecule has 104 valence electrons. The van der Waals surface area contributed by atoms with Gasteiger partial charge in [-0.05, 0) is 43.0 Å². The average molecular weight is 261 g/mol. The zero-order valence-electron chi connectivity index (χ0n) is 11.7. The number of hydrogen-bond donors (Lipinski definition) is 2. The summed E-state index contributed by atoms with van der Waals surface area (Å²) in [5, 5.41) is 11.7. The summed E-state index contributed by atoms with van der Waals surface area (Å²) in [6, 6.07) is 8.48. The summed E-state index contributed by atoms with van der Waals surface area (Å²) >= 11 is 0. The summed E-state index contributed by atoms with van der Waals surface area (Å²) in [4.78, 5) is 2.36. The van der Waals surface area contributed by atoms with E-state index in [1.54, 1.807) is 0 Å². The zero-order valence-corrected chi connectivity index (χ0v) is 11.7.